The summed E-state index contributed by atoms with van der Waals surface area (Å²) in [5.41, 5.74) is 6.29. The third-order valence-corrected chi connectivity index (χ3v) is 4.53. The van der Waals surface area contributed by atoms with E-state index in [1.165, 1.54) is 0 Å². The number of benzene rings is 1. The van der Waals surface area contributed by atoms with Crippen molar-refractivity contribution in [2.75, 3.05) is 32.9 Å². The van der Waals surface area contributed by atoms with Crippen LogP contribution in [0.25, 0.3) is 10.9 Å². The molecule has 3 N–H and O–H groups in total. The number of fused-ring (bicyclic) bond motifs is 1. The first kappa shape index (κ1) is 15.7. The number of anilines is 1. The van der Waals surface area contributed by atoms with Crippen molar-refractivity contribution in [2.45, 2.75) is 11.3 Å². The van der Waals surface area contributed by atoms with Crippen molar-refractivity contribution in [3.05, 3.63) is 30.3 Å². The Bertz CT molecular complexity index is 729. The van der Waals surface area contributed by atoms with E-state index in [1.807, 2.05) is 19.0 Å². The highest BCUT2D eigenvalue weighted by molar-refractivity contribution is 7.89. The van der Waals surface area contributed by atoms with Crippen molar-refractivity contribution in [1.82, 2.24) is 14.6 Å². The molecule has 0 radical (unpaired) electrons. The largest absolute Gasteiger partial charge is 0.384 e. The molecule has 21 heavy (non-hydrogen) atoms. The van der Waals surface area contributed by atoms with E-state index in [0.29, 0.717) is 17.9 Å². The Balaban J connectivity index is 2.14. The fourth-order valence-electron chi connectivity index (χ4n) is 1.97. The summed E-state index contributed by atoms with van der Waals surface area (Å²) in [6.45, 7) is 1.25. The highest BCUT2D eigenvalue weighted by atomic mass is 32.2. The zero-order valence-electron chi connectivity index (χ0n) is 12.2. The molecule has 0 amide bonds. The van der Waals surface area contributed by atoms with Crippen LogP contribution < -0.4 is 10.5 Å². The van der Waals surface area contributed by atoms with Crippen LogP contribution in [0.15, 0.2) is 35.2 Å². The zero-order chi connectivity index (χ0) is 15.5. The van der Waals surface area contributed by atoms with Gasteiger partial charge in [0.15, 0.2) is 0 Å². The van der Waals surface area contributed by atoms with Crippen LogP contribution in [0.1, 0.15) is 6.42 Å². The van der Waals surface area contributed by atoms with E-state index in [0.717, 1.165) is 18.4 Å². The molecular formula is C14H20N4O2S. The van der Waals surface area contributed by atoms with Crippen LogP contribution in [0.2, 0.25) is 0 Å². The van der Waals surface area contributed by atoms with Gasteiger partial charge in [-0.15, -0.1) is 0 Å². The topological polar surface area (TPSA) is 88.3 Å². The van der Waals surface area contributed by atoms with Gasteiger partial charge in [0.05, 0.1) is 10.4 Å². The van der Waals surface area contributed by atoms with E-state index in [1.54, 1.807) is 30.3 Å². The first-order valence-corrected chi connectivity index (χ1v) is 8.17. The molecule has 7 heteroatoms. The van der Waals surface area contributed by atoms with Crippen LogP contribution in [0.3, 0.4) is 0 Å². The number of rotatable bonds is 6. The number of nitrogens with one attached hydrogen (secondary N) is 1. The normalized spacial score (nSPS) is 12.1. The summed E-state index contributed by atoms with van der Waals surface area (Å²) in [6.07, 6.45) is 0.762. The monoisotopic (exact) mass is 308 g/mol. The van der Waals surface area contributed by atoms with Crippen molar-refractivity contribution in [3.63, 3.8) is 0 Å². The fourth-order valence-corrected chi connectivity index (χ4v) is 3.08. The molecule has 1 aromatic heterocycles. The second kappa shape index (κ2) is 6.38. The Morgan fingerprint density at radius 2 is 2.00 bits per heavy atom. The van der Waals surface area contributed by atoms with Gasteiger partial charge in [0.25, 0.3) is 0 Å². The molecule has 0 bridgehead atoms. The fraction of sp³-hybridized carbons (Fsp3) is 0.357. The Hall–Kier alpha value is -1.70. The first-order chi connectivity index (χ1) is 9.88. The molecule has 0 aliphatic carbocycles. The Kier molecular flexibility index (Phi) is 4.76. The molecule has 114 valence electrons. The van der Waals surface area contributed by atoms with E-state index in [2.05, 4.69) is 9.71 Å². The van der Waals surface area contributed by atoms with Crippen molar-refractivity contribution >= 4 is 26.7 Å². The highest BCUT2D eigenvalue weighted by Crippen LogP contribution is 2.18. The van der Waals surface area contributed by atoms with Crippen LogP contribution in [0, 0.1) is 0 Å². The number of aromatic nitrogens is 1. The number of nitrogens with zero attached hydrogens (tertiary/aromatic N) is 2. The Morgan fingerprint density at radius 3 is 2.71 bits per heavy atom. The van der Waals surface area contributed by atoms with E-state index in [-0.39, 0.29) is 4.90 Å². The van der Waals surface area contributed by atoms with Crippen molar-refractivity contribution in [2.24, 2.45) is 0 Å². The SMILES string of the molecule is CN(C)CCCNS(=O)(=O)c1ccc2nc(N)ccc2c1. The van der Waals surface area contributed by atoms with Gasteiger partial charge in [-0.1, -0.05) is 0 Å². The second-order valence-corrected chi connectivity index (χ2v) is 6.91. The molecule has 0 spiro atoms. The number of pyridine rings is 1. The minimum atomic E-state index is -3.49. The molecule has 1 aromatic carbocycles. The van der Waals surface area contributed by atoms with Crippen molar-refractivity contribution in [3.8, 4) is 0 Å². The van der Waals surface area contributed by atoms with Gasteiger partial charge in [-0.05, 0) is 57.4 Å². The molecular weight excluding hydrogens is 288 g/mol. The summed E-state index contributed by atoms with van der Waals surface area (Å²) in [6, 6.07) is 8.24. The molecule has 0 fully saturated rings. The third kappa shape index (κ3) is 4.13. The van der Waals surface area contributed by atoms with E-state index < -0.39 is 10.0 Å². The van der Waals surface area contributed by atoms with Crippen molar-refractivity contribution < 1.29 is 8.42 Å². The Morgan fingerprint density at radius 1 is 1.24 bits per heavy atom. The maximum Gasteiger partial charge on any atom is 0.240 e. The third-order valence-electron chi connectivity index (χ3n) is 3.07. The van der Waals surface area contributed by atoms with Gasteiger partial charge >= 0.3 is 0 Å². The predicted octanol–water partition coefficient (Wildman–Crippen LogP) is 1.05. The molecule has 1 heterocycles. The maximum atomic E-state index is 12.2. The van der Waals surface area contributed by atoms with Crippen LogP contribution in [-0.4, -0.2) is 45.5 Å². The summed E-state index contributed by atoms with van der Waals surface area (Å²) in [7, 11) is 0.422. The average molecular weight is 308 g/mol. The predicted molar refractivity (Wildman–Crippen MR) is 84.5 cm³/mol. The summed E-state index contributed by atoms with van der Waals surface area (Å²) in [4.78, 5) is 6.41. The summed E-state index contributed by atoms with van der Waals surface area (Å²) in [5, 5.41) is 0.750. The molecule has 2 rings (SSSR count). The van der Waals surface area contributed by atoms with Crippen LogP contribution >= 0.6 is 0 Å². The minimum Gasteiger partial charge on any atom is -0.384 e. The molecule has 0 saturated heterocycles. The lowest BCUT2D eigenvalue weighted by atomic mass is 10.2. The number of sulfonamides is 1. The standard InChI is InChI=1S/C14H20N4O2S/c1-18(2)9-3-8-16-21(19,20)12-5-6-13-11(10-12)4-7-14(15)17-13/h4-7,10,16H,3,8-9H2,1-2H3,(H2,15,17). The molecule has 0 atom stereocenters. The molecule has 0 aliphatic rings. The molecule has 0 unspecified atom stereocenters. The van der Waals surface area contributed by atoms with E-state index in [9.17, 15) is 8.42 Å². The van der Waals surface area contributed by atoms with Crippen molar-refractivity contribution in [1.29, 1.82) is 0 Å². The van der Waals surface area contributed by atoms with Crippen LogP contribution in [0.5, 0.6) is 0 Å². The summed E-state index contributed by atoms with van der Waals surface area (Å²) in [5.74, 6) is 0.417. The second-order valence-electron chi connectivity index (χ2n) is 5.15. The lowest BCUT2D eigenvalue weighted by Crippen LogP contribution is -2.27. The first-order valence-electron chi connectivity index (χ1n) is 6.69. The molecule has 0 saturated carbocycles. The van der Waals surface area contributed by atoms with Gasteiger partial charge in [0.2, 0.25) is 10.0 Å². The summed E-state index contributed by atoms with van der Waals surface area (Å²) < 4.78 is 27.0. The zero-order valence-corrected chi connectivity index (χ0v) is 13.0. The van der Waals surface area contributed by atoms with Gasteiger partial charge < -0.3 is 10.6 Å². The lowest BCUT2D eigenvalue weighted by molar-refractivity contribution is 0.400. The number of hydrogen-bond donors (Lipinski definition) is 2. The van der Waals surface area contributed by atoms with Crippen LogP contribution in [-0.2, 0) is 10.0 Å². The molecule has 0 aliphatic heterocycles. The van der Waals surface area contributed by atoms with Gasteiger partial charge in [-0.3, -0.25) is 0 Å². The Labute approximate surface area is 125 Å². The van der Waals surface area contributed by atoms with E-state index >= 15 is 0 Å². The smallest absolute Gasteiger partial charge is 0.240 e. The van der Waals surface area contributed by atoms with Gasteiger partial charge in [-0.2, -0.15) is 0 Å². The lowest BCUT2D eigenvalue weighted by Gasteiger charge is -2.10. The highest BCUT2D eigenvalue weighted by Gasteiger charge is 2.14. The maximum absolute atomic E-state index is 12.2. The summed E-state index contributed by atoms with van der Waals surface area (Å²) >= 11 is 0. The number of nitrogen functional groups attached to an aromatic ring is 1. The van der Waals surface area contributed by atoms with Gasteiger partial charge in [0.1, 0.15) is 5.82 Å². The molecule has 2 aromatic rings. The average Bonchev–Trinajstić information content (AvgIpc) is 2.43. The van der Waals surface area contributed by atoms with Gasteiger partial charge in [0, 0.05) is 11.9 Å². The minimum absolute atomic E-state index is 0.242. The van der Waals surface area contributed by atoms with E-state index in [4.69, 9.17) is 5.73 Å². The number of hydrogen-bond acceptors (Lipinski definition) is 5. The quantitative estimate of drug-likeness (QED) is 0.779. The van der Waals surface area contributed by atoms with Gasteiger partial charge in [-0.25, -0.2) is 18.1 Å². The van der Waals surface area contributed by atoms with Crippen LogP contribution in [0.4, 0.5) is 5.82 Å². The molecule has 6 nitrogen and oxygen atoms in total. The number of nitrogens with two attached hydrogens (primary N) is 1.